The van der Waals surface area contributed by atoms with Gasteiger partial charge in [-0.25, -0.2) is 0 Å². The Morgan fingerprint density at radius 3 is 2.42 bits per heavy atom. The number of hydrogen-bond donors (Lipinski definition) is 1. The first kappa shape index (κ1) is 19.8. The van der Waals surface area contributed by atoms with Gasteiger partial charge in [-0.05, 0) is 49.7 Å². The number of methoxy groups -OCH3 is 1. The molecule has 2 aromatic rings. The molecule has 0 aliphatic heterocycles. The Hall–Kier alpha value is -2.47. The van der Waals surface area contributed by atoms with Crippen LogP contribution in [0.1, 0.15) is 11.1 Å². The highest BCUT2D eigenvalue weighted by molar-refractivity contribution is 8.00. The number of rotatable bonds is 7. The van der Waals surface area contributed by atoms with E-state index in [1.54, 1.807) is 38.4 Å². The fourth-order valence-electron chi connectivity index (χ4n) is 2.39. The molecule has 0 saturated carbocycles. The van der Waals surface area contributed by atoms with E-state index < -0.39 is 0 Å². The second kappa shape index (κ2) is 9.29. The molecule has 0 atom stereocenters. The number of ether oxygens (including phenoxy) is 1. The number of anilines is 1. The van der Waals surface area contributed by atoms with Gasteiger partial charge in [0, 0.05) is 17.6 Å². The molecule has 26 heavy (non-hydrogen) atoms. The van der Waals surface area contributed by atoms with Crippen molar-refractivity contribution in [1.82, 2.24) is 4.90 Å². The average Bonchev–Trinajstić information content (AvgIpc) is 2.61. The fourth-order valence-corrected chi connectivity index (χ4v) is 3.34. The van der Waals surface area contributed by atoms with Crippen molar-refractivity contribution in [3.05, 3.63) is 53.6 Å². The molecule has 0 heterocycles. The first-order chi connectivity index (χ1) is 12.4. The van der Waals surface area contributed by atoms with E-state index in [0.29, 0.717) is 11.4 Å². The van der Waals surface area contributed by atoms with Gasteiger partial charge in [0.15, 0.2) is 0 Å². The minimum atomic E-state index is -0.234. The topological polar surface area (TPSA) is 58.6 Å². The third-order valence-corrected chi connectivity index (χ3v) is 5.02. The molecule has 5 nitrogen and oxygen atoms in total. The van der Waals surface area contributed by atoms with Crippen LogP contribution in [-0.4, -0.2) is 43.2 Å². The molecule has 1 N–H and O–H groups in total. The molecular formula is C20H24N2O3S. The van der Waals surface area contributed by atoms with E-state index in [1.165, 1.54) is 22.2 Å². The molecule has 0 aliphatic carbocycles. The maximum Gasteiger partial charge on any atom is 0.243 e. The highest BCUT2D eigenvalue weighted by atomic mass is 32.2. The van der Waals surface area contributed by atoms with E-state index in [2.05, 4.69) is 11.4 Å². The third kappa shape index (κ3) is 5.81. The number of amides is 2. The number of aryl methyl sites for hydroxylation is 2. The molecule has 0 fully saturated rings. The molecule has 0 aliphatic rings. The maximum atomic E-state index is 12.3. The number of nitrogens with one attached hydrogen (secondary N) is 1. The number of hydrogen-bond acceptors (Lipinski definition) is 4. The summed E-state index contributed by atoms with van der Waals surface area (Å²) in [6.45, 7) is 4.09. The van der Waals surface area contributed by atoms with Crippen LogP contribution in [0.25, 0.3) is 0 Å². The lowest BCUT2D eigenvalue weighted by Crippen LogP contribution is -2.35. The van der Waals surface area contributed by atoms with Gasteiger partial charge in [0.1, 0.15) is 5.75 Å². The van der Waals surface area contributed by atoms with Crippen LogP contribution in [0.15, 0.2) is 47.4 Å². The normalized spacial score (nSPS) is 10.3. The monoisotopic (exact) mass is 372 g/mol. The minimum absolute atomic E-state index is 0.0122. The molecule has 0 unspecified atom stereocenters. The molecule has 0 spiro atoms. The van der Waals surface area contributed by atoms with Gasteiger partial charge in [-0.3, -0.25) is 9.59 Å². The van der Waals surface area contributed by atoms with E-state index in [0.717, 1.165) is 16.2 Å². The summed E-state index contributed by atoms with van der Waals surface area (Å²) >= 11 is 1.49. The van der Waals surface area contributed by atoms with Gasteiger partial charge in [0.05, 0.1) is 19.4 Å². The van der Waals surface area contributed by atoms with Crippen LogP contribution < -0.4 is 10.1 Å². The van der Waals surface area contributed by atoms with Crippen molar-refractivity contribution in [2.75, 3.05) is 31.8 Å². The second-order valence-electron chi connectivity index (χ2n) is 6.08. The molecule has 0 bridgehead atoms. The lowest BCUT2D eigenvalue weighted by atomic mass is 10.2. The lowest BCUT2D eigenvalue weighted by molar-refractivity contribution is -0.131. The Labute approximate surface area is 158 Å². The summed E-state index contributed by atoms with van der Waals surface area (Å²) in [5.41, 5.74) is 3.02. The smallest absolute Gasteiger partial charge is 0.243 e. The SMILES string of the molecule is COc1ccc(NC(=O)CN(C)C(=O)CSc2ccc(C)cc2C)cc1. The van der Waals surface area contributed by atoms with Gasteiger partial charge in [-0.1, -0.05) is 17.7 Å². The van der Waals surface area contributed by atoms with E-state index in [9.17, 15) is 9.59 Å². The number of carbonyl (C=O) groups excluding carboxylic acids is 2. The maximum absolute atomic E-state index is 12.3. The molecule has 0 aromatic heterocycles. The predicted octanol–water partition coefficient (Wildman–Crippen LogP) is 3.50. The summed E-state index contributed by atoms with van der Waals surface area (Å²) in [6.07, 6.45) is 0. The van der Waals surface area contributed by atoms with Crippen LogP contribution in [0.3, 0.4) is 0 Å². The third-order valence-electron chi connectivity index (χ3n) is 3.86. The van der Waals surface area contributed by atoms with Crippen LogP contribution in [0.4, 0.5) is 5.69 Å². The van der Waals surface area contributed by atoms with Crippen LogP contribution >= 0.6 is 11.8 Å². The van der Waals surface area contributed by atoms with Crippen LogP contribution in [0.2, 0.25) is 0 Å². The summed E-state index contributed by atoms with van der Waals surface area (Å²) in [7, 11) is 3.22. The zero-order valence-corrected chi connectivity index (χ0v) is 16.4. The molecule has 2 amide bonds. The van der Waals surface area contributed by atoms with Gasteiger partial charge >= 0.3 is 0 Å². The molecule has 0 radical (unpaired) electrons. The number of carbonyl (C=O) groups is 2. The van der Waals surface area contributed by atoms with Crippen molar-refractivity contribution >= 4 is 29.3 Å². The Kier molecular flexibility index (Phi) is 7.09. The Balaban J connectivity index is 1.82. The van der Waals surface area contributed by atoms with Gasteiger partial charge in [-0.2, -0.15) is 0 Å². The first-order valence-corrected chi connectivity index (χ1v) is 9.25. The zero-order chi connectivity index (χ0) is 19.1. The van der Waals surface area contributed by atoms with Crippen LogP contribution in [0, 0.1) is 13.8 Å². The average molecular weight is 372 g/mol. The summed E-state index contributed by atoms with van der Waals surface area (Å²) in [4.78, 5) is 26.9. The van der Waals surface area contributed by atoms with Gasteiger partial charge in [-0.15, -0.1) is 11.8 Å². The quantitative estimate of drug-likeness (QED) is 0.756. The molecule has 6 heteroatoms. The summed E-state index contributed by atoms with van der Waals surface area (Å²) in [5, 5.41) is 2.77. The summed E-state index contributed by atoms with van der Waals surface area (Å²) < 4.78 is 5.08. The zero-order valence-electron chi connectivity index (χ0n) is 15.5. The second-order valence-corrected chi connectivity index (χ2v) is 7.10. The number of likely N-dealkylation sites (N-methyl/N-ethyl adjacent to an activating group) is 1. The fraction of sp³-hybridized carbons (Fsp3) is 0.300. The van der Waals surface area contributed by atoms with E-state index >= 15 is 0 Å². The Morgan fingerprint density at radius 1 is 1.12 bits per heavy atom. The largest absolute Gasteiger partial charge is 0.497 e. The summed E-state index contributed by atoms with van der Waals surface area (Å²) in [5.74, 6) is 0.706. The molecule has 2 rings (SSSR count). The predicted molar refractivity (Wildman–Crippen MR) is 106 cm³/mol. The molecule has 0 saturated heterocycles. The van der Waals surface area contributed by atoms with Gasteiger partial charge < -0.3 is 15.0 Å². The van der Waals surface area contributed by atoms with Gasteiger partial charge in [0.25, 0.3) is 0 Å². The van der Waals surface area contributed by atoms with E-state index in [1.807, 2.05) is 26.0 Å². The van der Waals surface area contributed by atoms with E-state index in [4.69, 9.17) is 4.74 Å². The Bertz CT molecular complexity index is 775. The summed E-state index contributed by atoms with van der Waals surface area (Å²) in [6, 6.07) is 13.2. The minimum Gasteiger partial charge on any atom is -0.497 e. The highest BCUT2D eigenvalue weighted by Gasteiger charge is 2.14. The number of thioether (sulfide) groups is 1. The van der Waals surface area contributed by atoms with Crippen molar-refractivity contribution < 1.29 is 14.3 Å². The Morgan fingerprint density at radius 2 is 1.81 bits per heavy atom. The standard InChI is InChI=1S/C20H24N2O3S/c1-14-5-10-18(15(2)11-14)26-13-20(24)22(3)12-19(23)21-16-6-8-17(25-4)9-7-16/h5-11H,12-13H2,1-4H3,(H,21,23). The van der Waals surface area contributed by atoms with Gasteiger partial charge in [0.2, 0.25) is 11.8 Å². The van der Waals surface area contributed by atoms with Crippen LogP contribution in [-0.2, 0) is 9.59 Å². The molecule has 138 valence electrons. The molecular weight excluding hydrogens is 348 g/mol. The van der Waals surface area contributed by atoms with E-state index in [-0.39, 0.29) is 18.4 Å². The van der Waals surface area contributed by atoms with Crippen molar-refractivity contribution in [3.63, 3.8) is 0 Å². The number of benzene rings is 2. The van der Waals surface area contributed by atoms with Crippen molar-refractivity contribution in [2.45, 2.75) is 18.7 Å². The number of nitrogens with zero attached hydrogens (tertiary/aromatic N) is 1. The first-order valence-electron chi connectivity index (χ1n) is 8.27. The highest BCUT2D eigenvalue weighted by Crippen LogP contribution is 2.23. The molecule has 2 aromatic carbocycles. The van der Waals surface area contributed by atoms with Crippen LogP contribution in [0.5, 0.6) is 5.75 Å². The van der Waals surface area contributed by atoms with Crippen molar-refractivity contribution in [1.29, 1.82) is 0 Å². The van der Waals surface area contributed by atoms with Crippen molar-refractivity contribution in [3.8, 4) is 5.75 Å². The van der Waals surface area contributed by atoms with Crippen molar-refractivity contribution in [2.24, 2.45) is 0 Å². The lowest BCUT2D eigenvalue weighted by Gasteiger charge is -2.17.